The minimum atomic E-state index is -0.0930. The highest BCUT2D eigenvalue weighted by molar-refractivity contribution is 5.95. The predicted octanol–water partition coefficient (Wildman–Crippen LogP) is 2.07. The van der Waals surface area contributed by atoms with E-state index in [0.29, 0.717) is 24.4 Å². The van der Waals surface area contributed by atoms with Gasteiger partial charge in [-0.25, -0.2) is 0 Å². The van der Waals surface area contributed by atoms with Crippen molar-refractivity contribution in [1.29, 1.82) is 0 Å². The highest BCUT2D eigenvalue weighted by Gasteiger charge is 2.52. The van der Waals surface area contributed by atoms with Gasteiger partial charge >= 0.3 is 0 Å². The van der Waals surface area contributed by atoms with E-state index in [2.05, 4.69) is 5.32 Å². The Bertz CT molecular complexity index is 608. The quantitative estimate of drug-likeness (QED) is 0.929. The third kappa shape index (κ3) is 2.80. The second-order valence-electron chi connectivity index (χ2n) is 6.65. The van der Waals surface area contributed by atoms with Crippen LogP contribution in [0.1, 0.15) is 36.0 Å². The molecule has 1 aliphatic heterocycles. The van der Waals surface area contributed by atoms with Crippen molar-refractivity contribution in [2.75, 3.05) is 27.2 Å². The number of methoxy groups -OCH3 is 1. The Morgan fingerprint density at radius 3 is 2.70 bits per heavy atom. The van der Waals surface area contributed by atoms with Crippen LogP contribution in [0, 0.1) is 11.3 Å². The number of nitrogens with zero attached hydrogens (tertiary/aromatic N) is 1. The van der Waals surface area contributed by atoms with E-state index in [1.54, 1.807) is 26.3 Å². The largest absolute Gasteiger partial charge is 0.497 e. The number of hydrogen-bond acceptors (Lipinski definition) is 3. The van der Waals surface area contributed by atoms with Gasteiger partial charge in [-0.1, -0.05) is 18.9 Å². The molecule has 1 heterocycles. The molecule has 0 bridgehead atoms. The number of amides is 2. The second kappa shape index (κ2) is 6.22. The molecule has 0 aromatic heterocycles. The molecule has 2 amide bonds. The molecule has 1 atom stereocenters. The normalized spacial score (nSPS) is 22.3. The highest BCUT2D eigenvalue weighted by Crippen LogP contribution is 2.49. The molecule has 2 aliphatic rings. The Kier molecular flexibility index (Phi) is 4.28. The fraction of sp³-hybridized carbons (Fsp3) is 0.556. The van der Waals surface area contributed by atoms with Crippen LogP contribution >= 0.6 is 0 Å². The maximum atomic E-state index is 12.9. The van der Waals surface area contributed by atoms with E-state index in [-0.39, 0.29) is 23.1 Å². The fourth-order valence-electron chi connectivity index (χ4n) is 4.18. The minimum absolute atomic E-state index is 0.0124. The third-order valence-electron chi connectivity index (χ3n) is 5.41. The first-order valence-corrected chi connectivity index (χ1v) is 8.24. The first-order valence-electron chi connectivity index (χ1n) is 8.24. The summed E-state index contributed by atoms with van der Waals surface area (Å²) in [7, 11) is 3.27. The molecule has 1 aliphatic carbocycles. The first-order chi connectivity index (χ1) is 11.1. The summed E-state index contributed by atoms with van der Waals surface area (Å²) in [5.74, 6) is 0.632. The van der Waals surface area contributed by atoms with Crippen LogP contribution in [-0.4, -0.2) is 44.0 Å². The summed E-state index contributed by atoms with van der Waals surface area (Å²) in [5.41, 5.74) is 0.587. The standard InChI is InChI=1S/C18H24N2O3/c1-19-16(21)15-11-20(12-18(15)8-3-4-9-18)17(22)13-6-5-7-14(10-13)23-2/h5-7,10,15H,3-4,8-9,11-12H2,1-2H3,(H,19,21)/t15-/m1/s1. The van der Waals surface area contributed by atoms with Crippen LogP contribution in [0.3, 0.4) is 0 Å². The lowest BCUT2D eigenvalue weighted by atomic mass is 9.76. The number of likely N-dealkylation sites (tertiary alicyclic amines) is 1. The lowest BCUT2D eigenvalue weighted by Crippen LogP contribution is -2.38. The van der Waals surface area contributed by atoms with Crippen LogP contribution in [0.15, 0.2) is 24.3 Å². The number of rotatable bonds is 3. The molecule has 3 rings (SSSR count). The van der Waals surface area contributed by atoms with Gasteiger partial charge in [-0.3, -0.25) is 9.59 Å². The minimum Gasteiger partial charge on any atom is -0.497 e. The maximum Gasteiger partial charge on any atom is 0.254 e. The molecule has 124 valence electrons. The van der Waals surface area contributed by atoms with E-state index < -0.39 is 0 Å². The number of carbonyl (C=O) groups is 2. The van der Waals surface area contributed by atoms with E-state index in [9.17, 15) is 9.59 Å². The molecule has 1 aromatic carbocycles. The summed E-state index contributed by atoms with van der Waals surface area (Å²) < 4.78 is 5.20. The number of nitrogens with one attached hydrogen (secondary N) is 1. The van der Waals surface area contributed by atoms with E-state index in [0.717, 1.165) is 25.7 Å². The van der Waals surface area contributed by atoms with E-state index in [4.69, 9.17) is 4.74 Å². The van der Waals surface area contributed by atoms with Crippen LogP contribution < -0.4 is 10.1 Å². The Labute approximate surface area is 137 Å². The summed E-state index contributed by atoms with van der Waals surface area (Å²) in [6.45, 7) is 1.19. The van der Waals surface area contributed by atoms with Gasteiger partial charge in [-0.05, 0) is 31.0 Å². The monoisotopic (exact) mass is 316 g/mol. The molecular formula is C18H24N2O3. The van der Waals surface area contributed by atoms with Crippen molar-refractivity contribution in [1.82, 2.24) is 10.2 Å². The third-order valence-corrected chi connectivity index (χ3v) is 5.41. The maximum absolute atomic E-state index is 12.9. The number of ether oxygens (including phenoxy) is 1. The lowest BCUT2D eigenvalue weighted by Gasteiger charge is -2.28. The van der Waals surface area contributed by atoms with Crippen molar-refractivity contribution in [2.45, 2.75) is 25.7 Å². The average Bonchev–Trinajstić information content (AvgIpc) is 3.21. The molecule has 1 saturated heterocycles. The van der Waals surface area contributed by atoms with Gasteiger partial charge < -0.3 is 15.0 Å². The van der Waals surface area contributed by atoms with E-state index in [1.165, 1.54) is 0 Å². The van der Waals surface area contributed by atoms with Gasteiger partial charge in [0.1, 0.15) is 5.75 Å². The Morgan fingerprint density at radius 2 is 2.04 bits per heavy atom. The Balaban J connectivity index is 1.83. The zero-order chi connectivity index (χ0) is 16.4. The molecule has 1 saturated carbocycles. The van der Waals surface area contributed by atoms with Gasteiger partial charge in [-0.2, -0.15) is 0 Å². The van der Waals surface area contributed by atoms with Crippen LogP contribution in [0.2, 0.25) is 0 Å². The molecule has 1 spiro atoms. The summed E-state index contributed by atoms with van der Waals surface area (Å²) >= 11 is 0. The van der Waals surface area contributed by atoms with E-state index >= 15 is 0 Å². The van der Waals surface area contributed by atoms with Crippen molar-refractivity contribution in [2.24, 2.45) is 11.3 Å². The van der Waals surface area contributed by atoms with Gasteiger partial charge in [0.15, 0.2) is 0 Å². The Hall–Kier alpha value is -2.04. The van der Waals surface area contributed by atoms with Crippen molar-refractivity contribution < 1.29 is 14.3 Å². The number of benzene rings is 1. The molecule has 2 fully saturated rings. The van der Waals surface area contributed by atoms with Crippen LogP contribution in [0.5, 0.6) is 5.75 Å². The first kappa shape index (κ1) is 15.8. The van der Waals surface area contributed by atoms with E-state index in [1.807, 2.05) is 17.0 Å². The van der Waals surface area contributed by atoms with Crippen molar-refractivity contribution in [3.8, 4) is 5.75 Å². The summed E-state index contributed by atoms with van der Waals surface area (Å²) in [5, 5.41) is 2.78. The molecule has 5 heteroatoms. The summed E-state index contributed by atoms with van der Waals surface area (Å²) in [6.07, 6.45) is 4.36. The molecule has 0 unspecified atom stereocenters. The number of carbonyl (C=O) groups excluding carboxylic acids is 2. The van der Waals surface area contributed by atoms with Gasteiger partial charge in [0.05, 0.1) is 13.0 Å². The summed E-state index contributed by atoms with van der Waals surface area (Å²) in [4.78, 5) is 27.0. The zero-order valence-corrected chi connectivity index (χ0v) is 13.8. The van der Waals surface area contributed by atoms with Gasteiger partial charge in [0.25, 0.3) is 5.91 Å². The topological polar surface area (TPSA) is 58.6 Å². The summed E-state index contributed by atoms with van der Waals surface area (Å²) in [6, 6.07) is 7.21. The van der Waals surface area contributed by atoms with Crippen molar-refractivity contribution in [3.63, 3.8) is 0 Å². The van der Waals surface area contributed by atoms with Crippen molar-refractivity contribution >= 4 is 11.8 Å². The van der Waals surface area contributed by atoms with Crippen LogP contribution in [0.4, 0.5) is 0 Å². The molecule has 1 aromatic rings. The van der Waals surface area contributed by atoms with Crippen LogP contribution in [-0.2, 0) is 4.79 Å². The molecule has 23 heavy (non-hydrogen) atoms. The molecular weight excluding hydrogens is 292 g/mol. The van der Waals surface area contributed by atoms with Crippen molar-refractivity contribution in [3.05, 3.63) is 29.8 Å². The zero-order valence-electron chi connectivity index (χ0n) is 13.8. The Morgan fingerprint density at radius 1 is 1.30 bits per heavy atom. The SMILES string of the molecule is CNC(=O)[C@H]1CN(C(=O)c2cccc(OC)c2)CC12CCCC2. The van der Waals surface area contributed by atoms with Gasteiger partial charge in [-0.15, -0.1) is 0 Å². The average molecular weight is 316 g/mol. The lowest BCUT2D eigenvalue weighted by molar-refractivity contribution is -0.127. The number of hydrogen-bond donors (Lipinski definition) is 1. The van der Waals surface area contributed by atoms with Gasteiger partial charge in [0, 0.05) is 31.1 Å². The molecule has 1 N–H and O–H groups in total. The molecule has 5 nitrogen and oxygen atoms in total. The second-order valence-corrected chi connectivity index (χ2v) is 6.65. The molecule has 0 radical (unpaired) electrons. The van der Waals surface area contributed by atoms with Gasteiger partial charge in [0.2, 0.25) is 5.91 Å². The highest BCUT2D eigenvalue weighted by atomic mass is 16.5. The van der Waals surface area contributed by atoms with Crippen LogP contribution in [0.25, 0.3) is 0 Å². The smallest absolute Gasteiger partial charge is 0.254 e. The predicted molar refractivity (Wildman–Crippen MR) is 87.4 cm³/mol. The fourth-order valence-corrected chi connectivity index (χ4v) is 4.18.